The summed E-state index contributed by atoms with van der Waals surface area (Å²) in [4.78, 5) is 16.4. The van der Waals surface area contributed by atoms with Crippen LogP contribution in [0.1, 0.15) is 28.0 Å². The van der Waals surface area contributed by atoms with Crippen LogP contribution >= 0.6 is 11.3 Å². The third-order valence-corrected chi connectivity index (χ3v) is 4.42. The van der Waals surface area contributed by atoms with E-state index in [9.17, 15) is 4.79 Å². The van der Waals surface area contributed by atoms with Gasteiger partial charge in [0, 0.05) is 11.6 Å². The first-order valence-electron chi connectivity index (χ1n) is 6.55. The average molecular weight is 284 g/mol. The fourth-order valence-corrected chi connectivity index (χ4v) is 3.40. The summed E-state index contributed by atoms with van der Waals surface area (Å²) in [5.41, 5.74) is 3.21. The van der Waals surface area contributed by atoms with Crippen molar-refractivity contribution in [3.63, 3.8) is 0 Å². The second kappa shape index (κ2) is 4.45. The number of carbonyl (C=O) groups is 1. The lowest BCUT2D eigenvalue weighted by Crippen LogP contribution is -1.93. The highest BCUT2D eigenvalue weighted by Crippen LogP contribution is 2.30. The van der Waals surface area contributed by atoms with Crippen LogP contribution in [-0.4, -0.2) is 15.7 Å². The molecule has 20 heavy (non-hydrogen) atoms. The van der Waals surface area contributed by atoms with Gasteiger partial charge in [-0.3, -0.25) is 9.20 Å². The number of aryl methyl sites for hydroxylation is 2. The molecule has 0 unspecified atom stereocenters. The molecule has 3 aromatic rings. The number of hydrogen-bond donors (Lipinski definition) is 0. The Morgan fingerprint density at radius 2 is 2.20 bits per heavy atom. The minimum absolute atomic E-state index is 0.379. The summed E-state index contributed by atoms with van der Waals surface area (Å²) >= 11 is 1.48. The molecule has 2 heterocycles. The molecular weight excluding hydrogens is 272 g/mol. The van der Waals surface area contributed by atoms with Crippen molar-refractivity contribution in [3.05, 3.63) is 46.6 Å². The molecule has 2 aromatic heterocycles. The van der Waals surface area contributed by atoms with Gasteiger partial charge in [-0.2, -0.15) is 4.98 Å². The molecule has 0 aliphatic heterocycles. The Morgan fingerprint density at radius 3 is 3.10 bits per heavy atom. The first-order valence-corrected chi connectivity index (χ1v) is 7.43. The topological polar surface area (TPSA) is 43.6 Å². The quantitative estimate of drug-likeness (QED) is 0.691. The predicted molar refractivity (Wildman–Crippen MR) is 77.0 cm³/mol. The highest BCUT2D eigenvalue weighted by atomic mass is 32.1. The third-order valence-electron chi connectivity index (χ3n) is 3.66. The van der Waals surface area contributed by atoms with Gasteiger partial charge in [-0.1, -0.05) is 6.07 Å². The van der Waals surface area contributed by atoms with Crippen molar-refractivity contribution >= 4 is 22.6 Å². The highest BCUT2D eigenvalue weighted by molar-refractivity contribution is 7.15. The Bertz CT molecular complexity index is 803. The van der Waals surface area contributed by atoms with E-state index in [0.717, 1.165) is 29.8 Å². The zero-order valence-electron chi connectivity index (χ0n) is 10.7. The number of benzene rings is 1. The van der Waals surface area contributed by atoms with Gasteiger partial charge in [0.2, 0.25) is 5.88 Å². The van der Waals surface area contributed by atoms with E-state index in [0.29, 0.717) is 11.6 Å². The van der Waals surface area contributed by atoms with Gasteiger partial charge >= 0.3 is 0 Å². The highest BCUT2D eigenvalue weighted by Gasteiger charge is 2.16. The molecule has 0 atom stereocenters. The zero-order chi connectivity index (χ0) is 13.5. The predicted octanol–water partition coefficient (Wildman–Crippen LogP) is 3.49. The number of imidazole rings is 1. The van der Waals surface area contributed by atoms with E-state index in [1.807, 2.05) is 17.6 Å². The van der Waals surface area contributed by atoms with Crippen molar-refractivity contribution in [2.24, 2.45) is 0 Å². The Labute approximate surface area is 119 Å². The maximum atomic E-state index is 11.2. The van der Waals surface area contributed by atoms with Crippen LogP contribution in [0, 0.1) is 0 Å². The number of carbonyl (C=O) groups excluding carboxylic acids is 1. The number of fused-ring (bicyclic) bond motifs is 2. The molecule has 0 fully saturated rings. The minimum Gasteiger partial charge on any atom is -0.437 e. The summed E-state index contributed by atoms with van der Waals surface area (Å²) in [5.74, 6) is 1.13. The molecule has 0 saturated carbocycles. The second-order valence-corrected chi connectivity index (χ2v) is 5.73. The lowest BCUT2D eigenvalue weighted by molar-refractivity contribution is 0.111. The van der Waals surface area contributed by atoms with E-state index in [1.165, 1.54) is 28.9 Å². The van der Waals surface area contributed by atoms with E-state index < -0.39 is 0 Å². The van der Waals surface area contributed by atoms with E-state index in [1.54, 1.807) is 4.40 Å². The Balaban J connectivity index is 1.73. The average Bonchev–Trinajstić information content (AvgIpc) is 3.12. The number of aromatic nitrogens is 2. The van der Waals surface area contributed by atoms with E-state index in [-0.39, 0.29) is 0 Å². The van der Waals surface area contributed by atoms with Gasteiger partial charge in [0.1, 0.15) is 5.75 Å². The van der Waals surface area contributed by atoms with Crippen LogP contribution in [0.2, 0.25) is 0 Å². The minimum atomic E-state index is 0.379. The van der Waals surface area contributed by atoms with Crippen molar-refractivity contribution < 1.29 is 9.53 Å². The standard InChI is InChI=1S/C15H12N2O2S/c18-9-13-14(16-15-17(13)6-7-20-15)19-12-5-4-10-2-1-3-11(10)8-12/h4-9H,1-3H2. The molecular formula is C15H12N2O2S. The SMILES string of the molecule is O=Cc1c(Oc2ccc3c(c2)CCC3)nc2sccn12. The van der Waals surface area contributed by atoms with Crippen LogP contribution in [0.25, 0.3) is 4.96 Å². The molecule has 0 bridgehead atoms. The van der Waals surface area contributed by atoms with Crippen LogP contribution in [0.5, 0.6) is 11.6 Å². The summed E-state index contributed by atoms with van der Waals surface area (Å²) < 4.78 is 7.56. The number of ether oxygens (including phenoxy) is 1. The van der Waals surface area contributed by atoms with Crippen LogP contribution in [0.3, 0.4) is 0 Å². The molecule has 1 aromatic carbocycles. The van der Waals surface area contributed by atoms with Gasteiger partial charge in [-0.15, -0.1) is 11.3 Å². The maximum absolute atomic E-state index is 11.2. The summed E-state index contributed by atoms with van der Waals surface area (Å²) in [6.07, 6.45) is 6.07. The number of rotatable bonds is 3. The lowest BCUT2D eigenvalue weighted by atomic mass is 10.1. The van der Waals surface area contributed by atoms with Crippen molar-refractivity contribution in [3.8, 4) is 11.6 Å². The molecule has 0 saturated heterocycles. The molecule has 5 heteroatoms. The van der Waals surface area contributed by atoms with Crippen LogP contribution in [0.4, 0.5) is 0 Å². The lowest BCUT2D eigenvalue weighted by Gasteiger charge is -2.05. The maximum Gasteiger partial charge on any atom is 0.250 e. The summed E-state index contributed by atoms with van der Waals surface area (Å²) in [6.45, 7) is 0. The van der Waals surface area contributed by atoms with Gasteiger partial charge in [-0.05, 0) is 42.5 Å². The van der Waals surface area contributed by atoms with Gasteiger partial charge in [0.05, 0.1) is 0 Å². The van der Waals surface area contributed by atoms with Crippen molar-refractivity contribution in [1.29, 1.82) is 0 Å². The molecule has 1 aliphatic rings. The van der Waals surface area contributed by atoms with Gasteiger partial charge in [0.15, 0.2) is 16.9 Å². The van der Waals surface area contributed by atoms with Crippen molar-refractivity contribution in [2.75, 3.05) is 0 Å². The summed E-state index contributed by atoms with van der Waals surface area (Å²) in [6, 6.07) is 6.12. The molecule has 0 amide bonds. The van der Waals surface area contributed by atoms with Gasteiger partial charge in [0.25, 0.3) is 0 Å². The first kappa shape index (κ1) is 11.7. The van der Waals surface area contributed by atoms with Crippen molar-refractivity contribution in [2.45, 2.75) is 19.3 Å². The smallest absolute Gasteiger partial charge is 0.250 e. The number of thiazole rings is 1. The first-order chi connectivity index (χ1) is 9.85. The van der Waals surface area contributed by atoms with Crippen LogP contribution in [0.15, 0.2) is 29.8 Å². The normalized spacial score (nSPS) is 13.6. The molecule has 4 rings (SSSR count). The second-order valence-electron chi connectivity index (χ2n) is 4.86. The molecule has 0 radical (unpaired) electrons. The molecule has 0 spiro atoms. The van der Waals surface area contributed by atoms with E-state index in [2.05, 4.69) is 17.1 Å². The van der Waals surface area contributed by atoms with Crippen molar-refractivity contribution in [1.82, 2.24) is 9.38 Å². The Morgan fingerprint density at radius 1 is 1.30 bits per heavy atom. The van der Waals surface area contributed by atoms with Crippen LogP contribution in [-0.2, 0) is 12.8 Å². The Kier molecular flexibility index (Phi) is 2.60. The van der Waals surface area contributed by atoms with E-state index >= 15 is 0 Å². The fraction of sp³-hybridized carbons (Fsp3) is 0.200. The van der Waals surface area contributed by atoms with Crippen LogP contribution < -0.4 is 4.74 Å². The number of hydrogen-bond acceptors (Lipinski definition) is 4. The zero-order valence-corrected chi connectivity index (χ0v) is 11.5. The van der Waals surface area contributed by atoms with E-state index in [4.69, 9.17) is 4.74 Å². The van der Waals surface area contributed by atoms with Gasteiger partial charge in [-0.25, -0.2) is 0 Å². The summed E-state index contributed by atoms with van der Waals surface area (Å²) in [7, 11) is 0. The summed E-state index contributed by atoms with van der Waals surface area (Å²) in [5, 5.41) is 1.90. The molecule has 100 valence electrons. The molecule has 0 N–H and O–H groups in total. The molecule has 4 nitrogen and oxygen atoms in total. The third kappa shape index (κ3) is 1.74. The monoisotopic (exact) mass is 284 g/mol. The largest absolute Gasteiger partial charge is 0.437 e. The fourth-order valence-electron chi connectivity index (χ4n) is 2.69. The molecule has 1 aliphatic carbocycles. The Hall–Kier alpha value is -2.14. The number of nitrogens with zero attached hydrogens (tertiary/aromatic N) is 2. The number of aldehydes is 1. The van der Waals surface area contributed by atoms with Gasteiger partial charge < -0.3 is 4.74 Å².